The fourth-order valence-corrected chi connectivity index (χ4v) is 1.40. The van der Waals surface area contributed by atoms with Crippen molar-refractivity contribution in [3.63, 3.8) is 0 Å². The van der Waals surface area contributed by atoms with Gasteiger partial charge in [0.2, 0.25) is 5.91 Å². The van der Waals surface area contributed by atoms with E-state index >= 15 is 0 Å². The summed E-state index contributed by atoms with van der Waals surface area (Å²) in [6, 6.07) is 0. The molecule has 13 heavy (non-hydrogen) atoms. The Kier molecular flexibility index (Phi) is 4.22. The van der Waals surface area contributed by atoms with Gasteiger partial charge in [-0.3, -0.25) is 4.79 Å². The Morgan fingerprint density at radius 3 is 2.77 bits per heavy atom. The molecule has 0 aromatic rings. The van der Waals surface area contributed by atoms with Gasteiger partial charge in [0.15, 0.2) is 0 Å². The molecule has 3 N–H and O–H groups in total. The molecule has 1 amide bonds. The van der Waals surface area contributed by atoms with Crippen molar-refractivity contribution in [1.29, 1.82) is 0 Å². The number of amides is 1. The van der Waals surface area contributed by atoms with Crippen LogP contribution >= 0.6 is 0 Å². The highest BCUT2D eigenvalue weighted by Gasteiger charge is 2.20. The maximum Gasteiger partial charge on any atom is 0.220 e. The van der Waals surface area contributed by atoms with E-state index < -0.39 is 0 Å². The Balaban J connectivity index is 2.03. The van der Waals surface area contributed by atoms with Crippen molar-refractivity contribution in [2.75, 3.05) is 13.1 Å². The van der Waals surface area contributed by atoms with Crippen molar-refractivity contribution < 1.29 is 4.79 Å². The molecule has 1 aliphatic rings. The van der Waals surface area contributed by atoms with Gasteiger partial charge in [-0.1, -0.05) is 13.3 Å². The summed E-state index contributed by atoms with van der Waals surface area (Å²) in [7, 11) is 0. The Bertz CT molecular complexity index is 166. The number of hydrogen-bond donors (Lipinski definition) is 2. The fourth-order valence-electron chi connectivity index (χ4n) is 1.40. The molecule has 0 radical (unpaired) electrons. The minimum Gasteiger partial charge on any atom is -0.356 e. The van der Waals surface area contributed by atoms with Crippen molar-refractivity contribution in [3.8, 4) is 0 Å². The molecule has 1 aliphatic carbocycles. The third-order valence-corrected chi connectivity index (χ3v) is 2.75. The average molecular weight is 184 g/mol. The van der Waals surface area contributed by atoms with Crippen LogP contribution in [0.5, 0.6) is 0 Å². The van der Waals surface area contributed by atoms with E-state index in [1.54, 1.807) is 0 Å². The van der Waals surface area contributed by atoms with Crippen LogP contribution in [0.4, 0.5) is 0 Å². The summed E-state index contributed by atoms with van der Waals surface area (Å²) >= 11 is 0. The molecular formula is C10H20N2O. The second-order valence-electron chi connectivity index (χ2n) is 4.15. The largest absolute Gasteiger partial charge is 0.356 e. The van der Waals surface area contributed by atoms with Crippen LogP contribution in [0, 0.1) is 11.8 Å². The normalized spacial score (nSPS) is 19.2. The lowest BCUT2D eigenvalue weighted by molar-refractivity contribution is -0.122. The molecule has 0 aromatic heterocycles. The van der Waals surface area contributed by atoms with Gasteiger partial charge in [0.05, 0.1) is 0 Å². The molecule has 3 nitrogen and oxygen atoms in total. The summed E-state index contributed by atoms with van der Waals surface area (Å²) in [6.45, 7) is 3.41. The molecule has 1 saturated carbocycles. The van der Waals surface area contributed by atoms with E-state index in [-0.39, 0.29) is 5.91 Å². The van der Waals surface area contributed by atoms with Gasteiger partial charge in [-0.2, -0.15) is 0 Å². The van der Waals surface area contributed by atoms with Crippen molar-refractivity contribution in [1.82, 2.24) is 5.32 Å². The zero-order valence-electron chi connectivity index (χ0n) is 8.38. The van der Waals surface area contributed by atoms with Crippen molar-refractivity contribution >= 4 is 5.91 Å². The Morgan fingerprint density at radius 2 is 2.31 bits per heavy atom. The first-order chi connectivity index (χ1) is 6.22. The quantitative estimate of drug-likeness (QED) is 0.666. The molecule has 0 saturated heterocycles. The highest BCUT2D eigenvalue weighted by molar-refractivity contribution is 5.76. The molecule has 76 valence electrons. The topological polar surface area (TPSA) is 55.1 Å². The van der Waals surface area contributed by atoms with Crippen molar-refractivity contribution in [3.05, 3.63) is 0 Å². The lowest BCUT2D eigenvalue weighted by Gasteiger charge is -2.24. The standard InChI is InChI=1S/C10H20N2O/c1-8(6-11)7-12-10(13)5-9-3-2-4-9/h8-9H,2-7,11H2,1H3,(H,12,13). The van der Waals surface area contributed by atoms with E-state index in [0.717, 1.165) is 13.0 Å². The number of carbonyl (C=O) groups is 1. The molecule has 1 fully saturated rings. The van der Waals surface area contributed by atoms with Crippen LogP contribution in [-0.4, -0.2) is 19.0 Å². The van der Waals surface area contributed by atoms with E-state index in [4.69, 9.17) is 5.73 Å². The monoisotopic (exact) mass is 184 g/mol. The van der Waals surface area contributed by atoms with Crippen molar-refractivity contribution in [2.45, 2.75) is 32.6 Å². The fraction of sp³-hybridized carbons (Fsp3) is 0.900. The predicted molar refractivity (Wildman–Crippen MR) is 53.2 cm³/mol. The number of hydrogen-bond acceptors (Lipinski definition) is 2. The summed E-state index contributed by atoms with van der Waals surface area (Å²) in [5.74, 6) is 1.25. The molecule has 0 bridgehead atoms. The SMILES string of the molecule is CC(CN)CNC(=O)CC1CCC1. The molecule has 3 heteroatoms. The first-order valence-corrected chi connectivity index (χ1v) is 5.19. The molecule has 0 spiro atoms. The van der Waals surface area contributed by atoms with E-state index in [1.165, 1.54) is 19.3 Å². The Hall–Kier alpha value is -0.570. The number of rotatable bonds is 5. The van der Waals surface area contributed by atoms with Crippen LogP contribution in [0.25, 0.3) is 0 Å². The van der Waals surface area contributed by atoms with Crippen molar-refractivity contribution in [2.24, 2.45) is 17.6 Å². The van der Waals surface area contributed by atoms with Gasteiger partial charge in [-0.25, -0.2) is 0 Å². The van der Waals surface area contributed by atoms with E-state index in [0.29, 0.717) is 18.4 Å². The Labute approximate surface area is 80.1 Å². The third-order valence-electron chi connectivity index (χ3n) is 2.75. The van der Waals surface area contributed by atoms with Gasteiger partial charge >= 0.3 is 0 Å². The van der Waals surface area contributed by atoms with Gasteiger partial charge in [0.1, 0.15) is 0 Å². The van der Waals surface area contributed by atoms with Crippen LogP contribution in [0.1, 0.15) is 32.6 Å². The minimum atomic E-state index is 0.199. The smallest absolute Gasteiger partial charge is 0.220 e. The Morgan fingerprint density at radius 1 is 1.62 bits per heavy atom. The summed E-state index contributed by atoms with van der Waals surface area (Å²) in [6.07, 6.45) is 4.49. The molecular weight excluding hydrogens is 164 g/mol. The van der Waals surface area contributed by atoms with E-state index in [9.17, 15) is 4.79 Å². The zero-order valence-corrected chi connectivity index (χ0v) is 8.38. The van der Waals surface area contributed by atoms with Crippen LogP contribution < -0.4 is 11.1 Å². The second kappa shape index (κ2) is 5.22. The van der Waals surface area contributed by atoms with Gasteiger partial charge in [-0.15, -0.1) is 0 Å². The molecule has 0 aromatic carbocycles. The van der Waals surface area contributed by atoms with Crippen LogP contribution in [0.15, 0.2) is 0 Å². The zero-order chi connectivity index (χ0) is 9.68. The lowest BCUT2D eigenvalue weighted by atomic mass is 9.83. The van der Waals surface area contributed by atoms with Crippen LogP contribution in [0.3, 0.4) is 0 Å². The second-order valence-corrected chi connectivity index (χ2v) is 4.15. The molecule has 0 heterocycles. The van der Waals surface area contributed by atoms with Gasteiger partial charge in [-0.05, 0) is 31.2 Å². The summed E-state index contributed by atoms with van der Waals surface area (Å²) in [5.41, 5.74) is 5.45. The molecule has 1 rings (SSSR count). The van der Waals surface area contributed by atoms with Crippen LogP contribution in [-0.2, 0) is 4.79 Å². The minimum absolute atomic E-state index is 0.199. The van der Waals surface area contributed by atoms with Gasteiger partial charge in [0.25, 0.3) is 0 Å². The maximum absolute atomic E-state index is 11.3. The van der Waals surface area contributed by atoms with Crippen LogP contribution in [0.2, 0.25) is 0 Å². The first kappa shape index (κ1) is 10.5. The number of carbonyl (C=O) groups excluding carboxylic acids is 1. The predicted octanol–water partition coefficient (Wildman–Crippen LogP) is 0.888. The summed E-state index contributed by atoms with van der Waals surface area (Å²) in [5, 5.41) is 2.91. The molecule has 1 atom stereocenters. The van der Waals surface area contributed by atoms with E-state index in [1.807, 2.05) is 6.92 Å². The number of nitrogens with one attached hydrogen (secondary N) is 1. The van der Waals surface area contributed by atoms with Gasteiger partial charge < -0.3 is 11.1 Å². The lowest BCUT2D eigenvalue weighted by Crippen LogP contribution is -2.33. The third kappa shape index (κ3) is 3.77. The summed E-state index contributed by atoms with van der Waals surface area (Å²) < 4.78 is 0. The highest BCUT2D eigenvalue weighted by Crippen LogP contribution is 2.28. The molecule has 1 unspecified atom stereocenters. The van der Waals surface area contributed by atoms with E-state index in [2.05, 4.69) is 5.32 Å². The average Bonchev–Trinajstić information content (AvgIpc) is 2.07. The van der Waals surface area contributed by atoms with Gasteiger partial charge in [0, 0.05) is 13.0 Å². The first-order valence-electron chi connectivity index (χ1n) is 5.19. The summed E-state index contributed by atoms with van der Waals surface area (Å²) in [4.78, 5) is 11.3. The molecule has 0 aliphatic heterocycles. The number of nitrogens with two attached hydrogens (primary N) is 1. The highest BCUT2D eigenvalue weighted by atomic mass is 16.1. The maximum atomic E-state index is 11.3.